The average Bonchev–Trinajstić information content (AvgIpc) is 3.02. The van der Waals surface area contributed by atoms with E-state index in [0.29, 0.717) is 27.9 Å². The van der Waals surface area contributed by atoms with Gasteiger partial charge >= 0.3 is 5.97 Å². The molecular formula is C17H17N3O5S2. The molecule has 1 N–H and O–H groups in total. The van der Waals surface area contributed by atoms with Crippen LogP contribution >= 0.6 is 23.1 Å². The molecule has 0 bridgehead atoms. The van der Waals surface area contributed by atoms with Crippen LogP contribution in [0.5, 0.6) is 11.5 Å². The number of nitriles is 1. The summed E-state index contributed by atoms with van der Waals surface area (Å²) in [5.74, 6) is 0.0639. The Morgan fingerprint density at radius 1 is 1.33 bits per heavy atom. The summed E-state index contributed by atoms with van der Waals surface area (Å²) in [5.41, 5.74) is 1.11. The Bertz CT molecular complexity index is 876. The highest BCUT2D eigenvalue weighted by Gasteiger charge is 2.15. The van der Waals surface area contributed by atoms with E-state index in [-0.39, 0.29) is 12.5 Å². The summed E-state index contributed by atoms with van der Waals surface area (Å²) in [6.45, 7) is 1.56. The maximum Gasteiger partial charge on any atom is 0.343 e. The fourth-order valence-electron chi connectivity index (χ4n) is 1.96. The van der Waals surface area contributed by atoms with Crippen molar-refractivity contribution in [2.24, 2.45) is 0 Å². The predicted octanol–water partition coefficient (Wildman–Crippen LogP) is 2.88. The van der Waals surface area contributed by atoms with E-state index in [1.54, 1.807) is 6.07 Å². The Morgan fingerprint density at radius 2 is 2.11 bits per heavy atom. The van der Waals surface area contributed by atoms with Crippen LogP contribution in [0.15, 0.2) is 22.4 Å². The van der Waals surface area contributed by atoms with Gasteiger partial charge in [-0.05, 0) is 25.1 Å². The van der Waals surface area contributed by atoms with Gasteiger partial charge in [0.1, 0.15) is 0 Å². The molecule has 0 aliphatic heterocycles. The topological polar surface area (TPSA) is 111 Å². The molecule has 1 amide bonds. The Kier molecular flexibility index (Phi) is 7.45. The van der Waals surface area contributed by atoms with E-state index in [2.05, 4.69) is 21.1 Å². The normalized spacial score (nSPS) is 10.0. The summed E-state index contributed by atoms with van der Waals surface area (Å²) in [5, 5.41) is 11.8. The van der Waals surface area contributed by atoms with Gasteiger partial charge in [-0.25, -0.2) is 9.78 Å². The summed E-state index contributed by atoms with van der Waals surface area (Å²) in [6.07, 6.45) is 0. The zero-order valence-corrected chi connectivity index (χ0v) is 16.5. The fourth-order valence-corrected chi connectivity index (χ4v) is 3.76. The van der Waals surface area contributed by atoms with Gasteiger partial charge in [0, 0.05) is 5.56 Å². The number of aromatic nitrogens is 1. The fraction of sp³-hybridized carbons (Fsp3) is 0.294. The molecule has 10 heteroatoms. The van der Waals surface area contributed by atoms with Gasteiger partial charge in [0.25, 0.3) is 5.91 Å². The van der Waals surface area contributed by atoms with Gasteiger partial charge in [0.05, 0.1) is 35.9 Å². The van der Waals surface area contributed by atoms with Gasteiger partial charge in [-0.3, -0.25) is 10.1 Å². The number of nitrogens with zero attached hydrogens (tertiary/aromatic N) is 2. The van der Waals surface area contributed by atoms with E-state index in [1.165, 1.54) is 49.5 Å². The molecule has 0 atom stereocenters. The van der Waals surface area contributed by atoms with Crippen LogP contribution in [0.25, 0.3) is 0 Å². The van der Waals surface area contributed by atoms with E-state index in [4.69, 9.17) is 14.7 Å². The molecule has 0 spiro atoms. The Labute approximate surface area is 164 Å². The summed E-state index contributed by atoms with van der Waals surface area (Å²) in [7, 11) is 2.70. The van der Waals surface area contributed by atoms with Crippen LogP contribution in [0.2, 0.25) is 0 Å². The van der Waals surface area contributed by atoms with Crippen LogP contribution in [0.4, 0.5) is 5.13 Å². The van der Waals surface area contributed by atoms with E-state index >= 15 is 0 Å². The molecule has 0 fully saturated rings. The number of hydrogen-bond acceptors (Lipinski definition) is 9. The highest BCUT2D eigenvalue weighted by molar-refractivity contribution is 8.01. The Hall–Kier alpha value is -2.77. The number of methoxy groups -OCH3 is 2. The second-order valence-corrected chi connectivity index (χ2v) is 7.27. The van der Waals surface area contributed by atoms with Crippen LogP contribution in [0, 0.1) is 18.3 Å². The minimum Gasteiger partial charge on any atom is -0.493 e. The lowest BCUT2D eigenvalue weighted by atomic mass is 10.2. The number of benzene rings is 1. The minimum atomic E-state index is -0.525. The number of carbonyl (C=O) groups is 2. The van der Waals surface area contributed by atoms with E-state index in [9.17, 15) is 9.59 Å². The zero-order valence-electron chi connectivity index (χ0n) is 14.9. The van der Waals surface area contributed by atoms with Gasteiger partial charge in [0.15, 0.2) is 23.2 Å². The molecule has 0 aliphatic rings. The number of amides is 1. The van der Waals surface area contributed by atoms with Gasteiger partial charge in [-0.1, -0.05) is 23.1 Å². The number of anilines is 1. The molecule has 0 saturated heterocycles. The first-order valence-corrected chi connectivity index (χ1v) is 9.44. The molecular weight excluding hydrogens is 390 g/mol. The van der Waals surface area contributed by atoms with Crippen molar-refractivity contribution < 1.29 is 23.8 Å². The van der Waals surface area contributed by atoms with Crippen molar-refractivity contribution in [3.05, 3.63) is 29.5 Å². The highest BCUT2D eigenvalue weighted by atomic mass is 32.2. The number of carbonyl (C=O) groups excluding carboxylic acids is 2. The first kappa shape index (κ1) is 20.5. The molecule has 8 nitrogen and oxygen atoms in total. The second kappa shape index (κ2) is 9.80. The van der Waals surface area contributed by atoms with E-state index in [0.717, 1.165) is 9.90 Å². The maximum atomic E-state index is 12.5. The molecule has 142 valence electrons. The van der Waals surface area contributed by atoms with Gasteiger partial charge in [-0.2, -0.15) is 5.26 Å². The third kappa shape index (κ3) is 5.60. The maximum absolute atomic E-state index is 12.5. The van der Waals surface area contributed by atoms with Gasteiger partial charge in [0.2, 0.25) is 0 Å². The number of hydrogen-bond donors (Lipinski definition) is 1. The number of thiazole rings is 1. The highest BCUT2D eigenvalue weighted by Crippen LogP contribution is 2.32. The van der Waals surface area contributed by atoms with Crippen molar-refractivity contribution >= 4 is 40.1 Å². The quantitative estimate of drug-likeness (QED) is 0.525. The number of aryl methyl sites for hydroxylation is 1. The standard InChI is InChI=1S/C17H17N3O5S2/c1-10-16(26-7-6-18)27-17(19-10)20-15(22)11-4-5-12(13(8-11)23-2)25-9-14(21)24-3/h4-5,8H,7,9H2,1-3H3,(H,19,20,22). The van der Waals surface area contributed by atoms with Crippen LogP contribution in [0.1, 0.15) is 16.1 Å². The molecule has 27 heavy (non-hydrogen) atoms. The largest absolute Gasteiger partial charge is 0.493 e. The van der Waals surface area contributed by atoms with Crippen molar-refractivity contribution in [2.75, 3.05) is 31.9 Å². The van der Waals surface area contributed by atoms with Gasteiger partial charge < -0.3 is 14.2 Å². The molecule has 2 aromatic rings. The van der Waals surface area contributed by atoms with Crippen molar-refractivity contribution in [1.82, 2.24) is 4.98 Å². The summed E-state index contributed by atoms with van der Waals surface area (Å²) < 4.78 is 15.9. The molecule has 1 aromatic carbocycles. The average molecular weight is 407 g/mol. The van der Waals surface area contributed by atoms with Crippen molar-refractivity contribution in [3.63, 3.8) is 0 Å². The molecule has 0 aliphatic carbocycles. The number of esters is 1. The number of nitrogens with one attached hydrogen (secondary N) is 1. The van der Waals surface area contributed by atoms with Crippen LogP contribution in [0.3, 0.4) is 0 Å². The van der Waals surface area contributed by atoms with Crippen LogP contribution in [-0.4, -0.2) is 43.4 Å². The molecule has 0 saturated carbocycles. The summed E-state index contributed by atoms with van der Waals surface area (Å²) in [4.78, 5) is 27.9. The lowest BCUT2D eigenvalue weighted by molar-refractivity contribution is -0.142. The third-order valence-electron chi connectivity index (χ3n) is 3.24. The number of ether oxygens (including phenoxy) is 3. The number of thioether (sulfide) groups is 1. The molecule has 0 unspecified atom stereocenters. The molecule has 1 aromatic heterocycles. The van der Waals surface area contributed by atoms with Crippen LogP contribution in [-0.2, 0) is 9.53 Å². The Balaban J connectivity index is 2.10. The molecule has 0 radical (unpaired) electrons. The second-order valence-electron chi connectivity index (χ2n) is 5.02. The van der Waals surface area contributed by atoms with Gasteiger partial charge in [-0.15, -0.1) is 0 Å². The summed E-state index contributed by atoms with van der Waals surface area (Å²) in [6, 6.07) is 6.66. The first-order valence-electron chi connectivity index (χ1n) is 7.64. The summed E-state index contributed by atoms with van der Waals surface area (Å²) >= 11 is 2.69. The van der Waals surface area contributed by atoms with Crippen LogP contribution < -0.4 is 14.8 Å². The third-order valence-corrected chi connectivity index (χ3v) is 5.54. The predicted molar refractivity (Wildman–Crippen MR) is 102 cm³/mol. The van der Waals surface area contributed by atoms with Crippen molar-refractivity contribution in [2.45, 2.75) is 11.1 Å². The number of rotatable bonds is 8. The monoisotopic (exact) mass is 407 g/mol. The lowest BCUT2D eigenvalue weighted by Gasteiger charge is -2.11. The molecule has 1 heterocycles. The zero-order chi connectivity index (χ0) is 19.8. The lowest BCUT2D eigenvalue weighted by Crippen LogP contribution is -2.14. The van der Waals surface area contributed by atoms with Crippen molar-refractivity contribution in [3.8, 4) is 17.6 Å². The Morgan fingerprint density at radius 3 is 2.78 bits per heavy atom. The van der Waals surface area contributed by atoms with Crippen molar-refractivity contribution in [1.29, 1.82) is 5.26 Å². The molecule has 2 rings (SSSR count). The van der Waals surface area contributed by atoms with E-state index in [1.807, 2.05) is 6.92 Å². The first-order chi connectivity index (χ1) is 13.0. The minimum absolute atomic E-state index is 0.264. The smallest absolute Gasteiger partial charge is 0.343 e. The van der Waals surface area contributed by atoms with E-state index < -0.39 is 5.97 Å². The SMILES string of the molecule is COC(=O)COc1ccc(C(=O)Nc2nc(C)c(SCC#N)s2)cc1OC.